The van der Waals surface area contributed by atoms with Crippen LogP contribution in [0.15, 0.2) is 0 Å². The number of nitrogens with two attached hydrogens (primary N) is 6. The average Bonchev–Trinajstić information content (AvgIpc) is 3.68. The molecule has 4 heterocycles. The fourth-order valence-corrected chi connectivity index (χ4v) is 8.27. The first-order valence-corrected chi connectivity index (χ1v) is 20.2. The van der Waals surface area contributed by atoms with Gasteiger partial charge in [-0.1, -0.05) is 0 Å². The molecule has 0 amide bonds. The first kappa shape index (κ1) is 51.9. The van der Waals surface area contributed by atoms with Crippen molar-refractivity contribution in [3.8, 4) is 0 Å². The van der Waals surface area contributed by atoms with Crippen LogP contribution in [0.4, 0.5) is 0 Å². The number of rotatable bonds is 12. The van der Waals surface area contributed by atoms with Crippen LogP contribution in [0.1, 0.15) is 12.8 Å². The number of hydrogen-bond acceptors (Lipinski definition) is 28. The quantitative estimate of drug-likeness (QED) is 0.0864. The van der Waals surface area contributed by atoms with Crippen molar-refractivity contribution in [3.63, 3.8) is 0 Å². The average molecular weight is 911 g/mol. The maximum absolute atomic E-state index is 10.8. The van der Waals surface area contributed by atoms with Gasteiger partial charge in [-0.05, 0) is 12.8 Å². The summed E-state index contributed by atoms with van der Waals surface area (Å²) in [5.74, 6) is 0. The molecule has 0 radical (unpaired) electrons. The molecule has 4 aliphatic heterocycles. The van der Waals surface area contributed by atoms with E-state index in [1.54, 1.807) is 0 Å². The minimum atomic E-state index is -1.52. The van der Waals surface area contributed by atoms with E-state index in [0.29, 0.717) is 0 Å². The Morgan fingerprint density at radius 3 is 1.00 bits per heavy atom. The highest BCUT2D eigenvalue weighted by molar-refractivity contribution is 5.03. The Hall–Kier alpha value is -1.12. The first-order chi connectivity index (χ1) is 29.2. The number of hydrogen-bond donors (Lipinski definition) is 20. The Bertz CT molecular complexity index is 1380. The second kappa shape index (κ2) is 22.1. The molecule has 2 saturated carbocycles. The zero-order valence-electron chi connectivity index (χ0n) is 33.4. The summed E-state index contributed by atoms with van der Waals surface area (Å²) in [6.07, 6.45) is -28.7. The van der Waals surface area contributed by atoms with Crippen LogP contribution in [0.3, 0.4) is 0 Å². The molecule has 0 spiro atoms. The van der Waals surface area contributed by atoms with Gasteiger partial charge < -0.3 is 144 Å². The highest BCUT2D eigenvalue weighted by Gasteiger charge is 2.54. The number of aliphatic hydroxyl groups excluding tert-OH is 14. The van der Waals surface area contributed by atoms with Crippen LogP contribution >= 0.6 is 0 Å². The topological polar surface area (TPSA) is 513 Å². The summed E-state index contributed by atoms with van der Waals surface area (Å²) in [5.41, 5.74) is 36.0. The van der Waals surface area contributed by atoms with Gasteiger partial charge in [0.1, 0.15) is 104 Å². The third-order valence-electron chi connectivity index (χ3n) is 12.1. The number of ether oxygens (including phenoxy) is 8. The molecule has 2 aliphatic carbocycles. The molecule has 0 bridgehead atoms. The van der Waals surface area contributed by atoms with Crippen molar-refractivity contribution in [2.75, 3.05) is 26.4 Å². The molecule has 10 unspecified atom stereocenters. The fourth-order valence-electron chi connectivity index (χ4n) is 8.27. The zero-order chi connectivity index (χ0) is 46.1. The van der Waals surface area contributed by atoms with Crippen molar-refractivity contribution in [3.05, 3.63) is 0 Å². The smallest absolute Gasteiger partial charge is 0.187 e. The van der Waals surface area contributed by atoms with Gasteiger partial charge in [0.25, 0.3) is 0 Å². The summed E-state index contributed by atoms with van der Waals surface area (Å²) in [7, 11) is 0. The van der Waals surface area contributed by atoms with Crippen molar-refractivity contribution in [2.24, 2.45) is 34.4 Å². The van der Waals surface area contributed by atoms with Crippen LogP contribution in [0.25, 0.3) is 0 Å². The van der Waals surface area contributed by atoms with Crippen molar-refractivity contribution in [1.29, 1.82) is 0 Å². The fraction of sp³-hybridized carbons (Fsp3) is 1.00. The van der Waals surface area contributed by atoms with E-state index in [1.807, 2.05) is 0 Å². The Labute approximate surface area is 354 Å². The lowest BCUT2D eigenvalue weighted by Gasteiger charge is -2.47. The first-order valence-electron chi connectivity index (χ1n) is 20.2. The molecule has 6 aliphatic rings. The maximum atomic E-state index is 10.8. The van der Waals surface area contributed by atoms with Crippen molar-refractivity contribution in [2.45, 2.75) is 184 Å². The Morgan fingerprint density at radius 1 is 0.323 bits per heavy atom. The van der Waals surface area contributed by atoms with E-state index in [4.69, 9.17) is 72.3 Å². The highest BCUT2D eigenvalue weighted by Crippen LogP contribution is 2.34. The summed E-state index contributed by atoms with van der Waals surface area (Å²) in [6, 6.07) is -5.60. The maximum Gasteiger partial charge on any atom is 0.187 e. The van der Waals surface area contributed by atoms with Gasteiger partial charge in [-0.25, -0.2) is 0 Å². The second-order valence-electron chi connectivity index (χ2n) is 16.5. The molecule has 0 aromatic rings. The van der Waals surface area contributed by atoms with Gasteiger partial charge in [-0.3, -0.25) is 0 Å². The highest BCUT2D eigenvalue weighted by atomic mass is 16.7. The molecule has 28 heteroatoms. The third kappa shape index (κ3) is 10.8. The van der Waals surface area contributed by atoms with Crippen LogP contribution in [0, 0.1) is 0 Å². The largest absolute Gasteiger partial charge is 0.394 e. The van der Waals surface area contributed by atoms with Crippen LogP contribution in [-0.2, 0) is 37.9 Å². The van der Waals surface area contributed by atoms with E-state index in [-0.39, 0.29) is 12.8 Å². The lowest BCUT2D eigenvalue weighted by atomic mass is 9.84. The Balaban J connectivity index is 0.000000234. The van der Waals surface area contributed by atoms with Crippen LogP contribution in [0.2, 0.25) is 0 Å². The SMILES string of the molecule is NC1CC(N)[C@@H](O[C@H]2OC(CO)[C@@H](O)[C@H](O)C2N)[C@H](O[C@@H]2O[C@H](CO)[C@H](O)C2O)[C@@H]1O.NC1[C@@H](O[C@@H]2C(N)CC(N)[C@@H](O[C@@H]3O[C@H](CO)[C@H](O)C3O)[C@H]2O)OC(CO)[C@@H](O)[C@@H]1O. The molecular weight excluding hydrogens is 844 g/mol. The van der Waals surface area contributed by atoms with Crippen molar-refractivity contribution < 1.29 is 109 Å². The van der Waals surface area contributed by atoms with E-state index in [1.165, 1.54) is 0 Å². The molecule has 26 N–H and O–H groups in total. The summed E-state index contributed by atoms with van der Waals surface area (Å²) in [4.78, 5) is 0. The van der Waals surface area contributed by atoms with Gasteiger partial charge >= 0.3 is 0 Å². The van der Waals surface area contributed by atoms with Gasteiger partial charge in [0, 0.05) is 24.2 Å². The summed E-state index contributed by atoms with van der Waals surface area (Å²) in [6.45, 7) is -2.34. The minimum absolute atomic E-state index is 0.123. The predicted molar refractivity (Wildman–Crippen MR) is 200 cm³/mol. The van der Waals surface area contributed by atoms with E-state index >= 15 is 0 Å². The molecule has 364 valence electrons. The molecular formula is C34H66N6O22. The normalized spacial score (nSPS) is 53.6. The summed E-state index contributed by atoms with van der Waals surface area (Å²) < 4.78 is 44.3. The summed E-state index contributed by atoms with van der Waals surface area (Å²) >= 11 is 0. The van der Waals surface area contributed by atoms with Crippen molar-refractivity contribution >= 4 is 0 Å². The van der Waals surface area contributed by atoms with Crippen LogP contribution in [-0.4, -0.2) is 269 Å². The summed E-state index contributed by atoms with van der Waals surface area (Å²) in [5, 5.41) is 139. The standard InChI is InChI=1S/2C17H33N3O11/c18-4-1-5(19)15(31-17-12(26)10(24)7(3-22)29-17)13(27)14(4)30-16-8(20)11(25)9(23)6(2-21)28-16;18-4-1-5(19)14(30-16-8(20)12(26)10(24)6(2-21)28-16)15(9(4)23)31-17-13(27)11(25)7(3-22)29-17/h2*4-17,21-27H,1-3,18-20H2/t4?,5?,6?,7-,8?,9-,10+,11-,12?,13+,14-,15-,16-,17+;4?,5?,6?,7-,8?,9-,10-,11+,12-,13?,14-,15-,16-,17+/m11/s1. The third-order valence-corrected chi connectivity index (χ3v) is 12.1. The molecule has 4 saturated heterocycles. The van der Waals surface area contributed by atoms with E-state index in [0.717, 1.165) is 0 Å². The van der Waals surface area contributed by atoms with Gasteiger partial charge in [0.05, 0.1) is 44.6 Å². The predicted octanol–water partition coefficient (Wildman–Crippen LogP) is -13.2. The second-order valence-corrected chi connectivity index (χ2v) is 16.5. The van der Waals surface area contributed by atoms with Gasteiger partial charge in [-0.2, -0.15) is 0 Å². The molecule has 0 aromatic carbocycles. The minimum Gasteiger partial charge on any atom is -0.394 e. The lowest BCUT2D eigenvalue weighted by Crippen LogP contribution is -2.68. The molecule has 6 rings (SSSR count). The van der Waals surface area contributed by atoms with Crippen LogP contribution in [0.5, 0.6) is 0 Å². The molecule has 0 aromatic heterocycles. The van der Waals surface area contributed by atoms with Crippen molar-refractivity contribution in [1.82, 2.24) is 0 Å². The van der Waals surface area contributed by atoms with E-state index in [9.17, 15) is 71.5 Å². The van der Waals surface area contributed by atoms with E-state index < -0.39 is 198 Å². The molecule has 62 heavy (non-hydrogen) atoms. The monoisotopic (exact) mass is 910 g/mol. The van der Waals surface area contributed by atoms with Gasteiger partial charge in [0.2, 0.25) is 0 Å². The molecule has 28 nitrogen and oxygen atoms in total. The van der Waals surface area contributed by atoms with Gasteiger partial charge in [-0.15, -0.1) is 0 Å². The zero-order valence-corrected chi connectivity index (χ0v) is 33.4. The Morgan fingerprint density at radius 2 is 0.613 bits per heavy atom. The van der Waals surface area contributed by atoms with Gasteiger partial charge in [0.15, 0.2) is 25.2 Å². The lowest BCUT2D eigenvalue weighted by molar-refractivity contribution is -0.310. The van der Waals surface area contributed by atoms with E-state index in [2.05, 4.69) is 0 Å². The Kier molecular flexibility index (Phi) is 18.5. The van der Waals surface area contributed by atoms with Crippen LogP contribution < -0.4 is 34.4 Å². The number of aliphatic hydroxyl groups is 14. The molecule has 28 atom stereocenters. The molecule has 6 fully saturated rings.